The molecule has 3 N–H and O–H groups in total. The van der Waals surface area contributed by atoms with Gasteiger partial charge in [-0.3, -0.25) is 9.78 Å². The topological polar surface area (TPSA) is 99.5 Å². The van der Waals surface area contributed by atoms with Crippen molar-refractivity contribution in [2.24, 2.45) is 5.41 Å². The number of hydrogen-bond acceptors (Lipinski definition) is 4. The maximum Gasteiger partial charge on any atom is 0.335 e. The Balaban J connectivity index is 2.33. The lowest BCUT2D eigenvalue weighted by Gasteiger charge is -2.33. The van der Waals surface area contributed by atoms with Gasteiger partial charge in [0.1, 0.15) is 5.82 Å². The summed E-state index contributed by atoms with van der Waals surface area (Å²) in [5.41, 5.74) is -0.574. The van der Waals surface area contributed by atoms with E-state index in [1.807, 2.05) is 0 Å². The number of aliphatic hydroxyl groups is 1. The highest BCUT2D eigenvalue weighted by molar-refractivity contribution is 5.96. The lowest BCUT2D eigenvalue weighted by atomic mass is 9.81. The van der Waals surface area contributed by atoms with Crippen molar-refractivity contribution < 1.29 is 24.2 Å². The molecule has 0 radical (unpaired) electrons. The van der Waals surface area contributed by atoms with Gasteiger partial charge in [0.25, 0.3) is 5.91 Å². The van der Waals surface area contributed by atoms with E-state index in [-0.39, 0.29) is 17.7 Å². The lowest BCUT2D eigenvalue weighted by molar-refractivity contribution is 0.0694. The summed E-state index contributed by atoms with van der Waals surface area (Å²) in [7, 11) is 0. The highest BCUT2D eigenvalue weighted by Crippen LogP contribution is 2.33. The Hall–Kier alpha value is -2.80. The van der Waals surface area contributed by atoms with Gasteiger partial charge in [0.15, 0.2) is 0 Å². The number of benzene rings is 1. The molecule has 0 spiro atoms. The number of aliphatic hydroxyl groups excluding tert-OH is 1. The van der Waals surface area contributed by atoms with E-state index >= 15 is 0 Å². The molecule has 1 aromatic carbocycles. The third-order valence-electron chi connectivity index (χ3n) is 3.94. The van der Waals surface area contributed by atoms with Crippen LogP contribution < -0.4 is 5.32 Å². The van der Waals surface area contributed by atoms with E-state index < -0.39 is 29.2 Å². The highest BCUT2D eigenvalue weighted by Gasteiger charge is 2.32. The van der Waals surface area contributed by atoms with E-state index in [4.69, 9.17) is 5.11 Å². The molecule has 2 rings (SSSR count). The quantitative estimate of drug-likeness (QED) is 0.746. The van der Waals surface area contributed by atoms with Crippen LogP contribution in [0.5, 0.6) is 0 Å². The maximum absolute atomic E-state index is 14.1. The number of carbonyl (C=O) groups excluding carboxylic acids is 1. The van der Waals surface area contributed by atoms with E-state index in [1.54, 1.807) is 38.4 Å². The molecule has 0 aliphatic heterocycles. The van der Waals surface area contributed by atoms with Crippen molar-refractivity contribution in [3.05, 3.63) is 65.2 Å². The van der Waals surface area contributed by atoms with Gasteiger partial charge in [0.2, 0.25) is 0 Å². The van der Waals surface area contributed by atoms with Crippen molar-refractivity contribution in [3.8, 4) is 0 Å². The Morgan fingerprint density at radius 3 is 2.56 bits per heavy atom. The minimum atomic E-state index is -1.28. The Kier molecular flexibility index (Phi) is 5.48. The van der Waals surface area contributed by atoms with Gasteiger partial charge in [-0.1, -0.05) is 19.9 Å². The number of rotatable bonds is 6. The summed E-state index contributed by atoms with van der Waals surface area (Å²) >= 11 is 0. The molecule has 132 valence electrons. The second-order valence-corrected chi connectivity index (χ2v) is 6.34. The normalized spacial score (nSPS) is 12.5. The Morgan fingerprint density at radius 2 is 2.04 bits per heavy atom. The van der Waals surface area contributed by atoms with Crippen molar-refractivity contribution in [1.82, 2.24) is 10.3 Å². The molecular formula is C18H19FN2O4. The molecule has 7 heteroatoms. The van der Waals surface area contributed by atoms with Gasteiger partial charge in [-0.15, -0.1) is 0 Å². The SMILES string of the molecule is CC(C)(CO)C(NC(=O)c1ccc(C(=O)O)cc1F)c1cccnc1. The summed E-state index contributed by atoms with van der Waals surface area (Å²) in [5, 5.41) is 21.2. The summed E-state index contributed by atoms with van der Waals surface area (Å²) in [6, 6.07) is 5.92. The third kappa shape index (κ3) is 4.19. The number of amides is 1. The van der Waals surface area contributed by atoms with Gasteiger partial charge in [-0.05, 0) is 29.8 Å². The van der Waals surface area contributed by atoms with Crippen LogP contribution in [0.15, 0.2) is 42.7 Å². The number of carbonyl (C=O) groups is 2. The Bertz CT molecular complexity index is 778. The first-order chi connectivity index (χ1) is 11.8. The number of nitrogens with one attached hydrogen (secondary N) is 1. The number of pyridine rings is 1. The van der Waals surface area contributed by atoms with E-state index in [2.05, 4.69) is 10.3 Å². The molecule has 0 saturated carbocycles. The van der Waals surface area contributed by atoms with Crippen LogP contribution in [0, 0.1) is 11.2 Å². The fourth-order valence-electron chi connectivity index (χ4n) is 2.41. The monoisotopic (exact) mass is 346 g/mol. The standard InChI is InChI=1S/C18H19FN2O4/c1-18(2,10-22)15(12-4-3-7-20-9-12)21-16(23)13-6-5-11(17(24)25)8-14(13)19/h3-9,15,22H,10H2,1-2H3,(H,21,23)(H,24,25). The highest BCUT2D eigenvalue weighted by atomic mass is 19.1. The molecular weight excluding hydrogens is 327 g/mol. The summed E-state index contributed by atoms with van der Waals surface area (Å²) in [5.74, 6) is -2.91. The van der Waals surface area contributed by atoms with Crippen LogP contribution in [0.2, 0.25) is 0 Å². The predicted molar refractivity (Wildman–Crippen MR) is 88.7 cm³/mol. The lowest BCUT2D eigenvalue weighted by Crippen LogP contribution is -2.40. The molecule has 1 aromatic heterocycles. The molecule has 1 heterocycles. The number of aromatic carboxylic acids is 1. The molecule has 1 amide bonds. The van der Waals surface area contributed by atoms with Gasteiger partial charge in [0, 0.05) is 17.8 Å². The summed E-state index contributed by atoms with van der Waals surface area (Å²) < 4.78 is 14.1. The molecule has 1 unspecified atom stereocenters. The molecule has 0 bridgehead atoms. The van der Waals surface area contributed by atoms with Crippen LogP contribution in [-0.4, -0.2) is 33.7 Å². The van der Waals surface area contributed by atoms with Crippen LogP contribution in [0.4, 0.5) is 4.39 Å². The fraction of sp³-hybridized carbons (Fsp3) is 0.278. The molecule has 6 nitrogen and oxygen atoms in total. The molecule has 2 aromatic rings. The zero-order valence-corrected chi connectivity index (χ0v) is 13.9. The van der Waals surface area contributed by atoms with Crippen molar-refractivity contribution in [2.45, 2.75) is 19.9 Å². The zero-order chi connectivity index (χ0) is 18.6. The number of hydrogen-bond donors (Lipinski definition) is 3. The van der Waals surface area contributed by atoms with Crippen molar-refractivity contribution in [3.63, 3.8) is 0 Å². The van der Waals surface area contributed by atoms with Crippen molar-refractivity contribution in [1.29, 1.82) is 0 Å². The van der Waals surface area contributed by atoms with Crippen LogP contribution >= 0.6 is 0 Å². The van der Waals surface area contributed by atoms with Crippen molar-refractivity contribution >= 4 is 11.9 Å². The van der Waals surface area contributed by atoms with Crippen LogP contribution in [0.3, 0.4) is 0 Å². The molecule has 0 aliphatic rings. The van der Waals surface area contributed by atoms with Gasteiger partial charge in [0.05, 0.1) is 23.8 Å². The van der Waals surface area contributed by atoms with Crippen LogP contribution in [0.1, 0.15) is 46.2 Å². The minimum absolute atomic E-state index is 0.215. The first kappa shape index (κ1) is 18.5. The number of aromatic nitrogens is 1. The van der Waals surface area contributed by atoms with E-state index in [0.717, 1.165) is 18.2 Å². The van der Waals surface area contributed by atoms with Crippen LogP contribution in [0.25, 0.3) is 0 Å². The molecule has 1 atom stereocenters. The molecule has 0 saturated heterocycles. The minimum Gasteiger partial charge on any atom is -0.478 e. The summed E-state index contributed by atoms with van der Waals surface area (Å²) in [4.78, 5) is 27.4. The number of halogens is 1. The number of carboxylic acids is 1. The van der Waals surface area contributed by atoms with Crippen LogP contribution in [-0.2, 0) is 0 Å². The Morgan fingerprint density at radius 1 is 1.32 bits per heavy atom. The van der Waals surface area contributed by atoms with Crippen molar-refractivity contribution in [2.75, 3.05) is 6.61 Å². The first-order valence-electron chi connectivity index (χ1n) is 7.61. The van der Waals surface area contributed by atoms with Gasteiger partial charge >= 0.3 is 5.97 Å². The third-order valence-corrected chi connectivity index (χ3v) is 3.94. The van der Waals surface area contributed by atoms with Gasteiger partial charge < -0.3 is 15.5 Å². The molecule has 25 heavy (non-hydrogen) atoms. The van der Waals surface area contributed by atoms with Gasteiger partial charge in [-0.2, -0.15) is 0 Å². The average Bonchev–Trinajstić information content (AvgIpc) is 2.59. The zero-order valence-electron chi connectivity index (χ0n) is 13.9. The van der Waals surface area contributed by atoms with Gasteiger partial charge in [-0.25, -0.2) is 9.18 Å². The largest absolute Gasteiger partial charge is 0.478 e. The number of nitrogens with zero attached hydrogens (tertiary/aromatic N) is 1. The average molecular weight is 346 g/mol. The second-order valence-electron chi connectivity index (χ2n) is 6.34. The molecule has 0 fully saturated rings. The predicted octanol–water partition coefficient (Wildman–Crippen LogP) is 2.41. The van der Waals surface area contributed by atoms with E-state index in [9.17, 15) is 19.1 Å². The van der Waals surface area contributed by atoms with E-state index in [1.165, 1.54) is 0 Å². The summed E-state index contributed by atoms with van der Waals surface area (Å²) in [6.07, 6.45) is 3.14. The maximum atomic E-state index is 14.1. The van der Waals surface area contributed by atoms with E-state index in [0.29, 0.717) is 5.56 Å². The number of carboxylic acid groups (broad SMARTS) is 1. The summed E-state index contributed by atoms with van der Waals surface area (Å²) in [6.45, 7) is 3.30. The Labute approximate surface area is 144 Å². The second kappa shape index (κ2) is 7.40. The molecule has 0 aliphatic carbocycles. The fourth-order valence-corrected chi connectivity index (χ4v) is 2.41. The smallest absolute Gasteiger partial charge is 0.335 e. The first-order valence-corrected chi connectivity index (χ1v) is 7.61.